The van der Waals surface area contributed by atoms with Gasteiger partial charge in [-0.15, -0.1) is 0 Å². The summed E-state index contributed by atoms with van der Waals surface area (Å²) in [6, 6.07) is 5.57. The molecule has 0 bridgehead atoms. The molecule has 0 unspecified atom stereocenters. The molecule has 5 N–H and O–H groups in total. The van der Waals surface area contributed by atoms with Crippen LogP contribution in [0.5, 0.6) is 5.75 Å². The second-order valence-electron chi connectivity index (χ2n) is 3.18. The molecule has 0 amide bonds. The third kappa shape index (κ3) is 3.33. The van der Waals surface area contributed by atoms with Crippen molar-refractivity contribution in [1.29, 1.82) is 0 Å². The molecule has 0 aromatic heterocycles. The van der Waals surface area contributed by atoms with E-state index >= 15 is 0 Å². The van der Waals surface area contributed by atoms with Crippen molar-refractivity contribution >= 4 is 0 Å². The molecule has 0 aliphatic heterocycles. The lowest BCUT2D eigenvalue weighted by molar-refractivity contribution is 0.470. The Kier molecular flexibility index (Phi) is 4.39. The predicted molar refractivity (Wildman–Crippen MR) is 56.7 cm³/mol. The highest BCUT2D eigenvalue weighted by Crippen LogP contribution is 2.16. The molecular formula is C10H17N3O. The van der Waals surface area contributed by atoms with Crippen LogP contribution in [0.25, 0.3) is 0 Å². The Morgan fingerprint density at radius 2 is 2.14 bits per heavy atom. The lowest BCUT2D eigenvalue weighted by Gasteiger charge is -2.06. The lowest BCUT2D eigenvalue weighted by atomic mass is 10.1. The van der Waals surface area contributed by atoms with Gasteiger partial charge in [0.2, 0.25) is 0 Å². The number of aromatic hydroxyl groups is 1. The van der Waals surface area contributed by atoms with Crippen molar-refractivity contribution in [3.63, 3.8) is 0 Å². The average Bonchev–Trinajstić information content (AvgIpc) is 2.18. The molecular weight excluding hydrogens is 178 g/mol. The van der Waals surface area contributed by atoms with E-state index in [0.717, 1.165) is 17.7 Å². The first kappa shape index (κ1) is 11.0. The van der Waals surface area contributed by atoms with Crippen LogP contribution in [-0.2, 0) is 6.54 Å². The summed E-state index contributed by atoms with van der Waals surface area (Å²) in [6.07, 6.45) is 0. The molecule has 0 atom stereocenters. The van der Waals surface area contributed by atoms with E-state index in [1.54, 1.807) is 6.07 Å². The minimum atomic E-state index is 0.342. The monoisotopic (exact) mass is 195 g/mol. The normalized spacial score (nSPS) is 10.4. The minimum Gasteiger partial charge on any atom is -0.508 e. The predicted octanol–water partition coefficient (Wildman–Crippen LogP) is 0.254. The molecule has 0 saturated heterocycles. The molecule has 0 heterocycles. The third-order valence-electron chi connectivity index (χ3n) is 1.98. The molecule has 4 heteroatoms. The van der Waals surface area contributed by atoms with Gasteiger partial charge in [-0.25, -0.2) is 0 Å². The average molecular weight is 195 g/mol. The van der Waals surface area contributed by atoms with E-state index in [4.69, 9.17) is 5.73 Å². The standard InChI is InChI=1S/C10H17N3O/c1-8-4-9(2-3-10(8)14)5-12-7-13-6-11/h2-4,12-14H,5-7,11H2,1H3. The van der Waals surface area contributed by atoms with Crippen LogP contribution in [0, 0.1) is 6.92 Å². The van der Waals surface area contributed by atoms with E-state index in [0.29, 0.717) is 19.1 Å². The van der Waals surface area contributed by atoms with Gasteiger partial charge in [-0.05, 0) is 24.1 Å². The lowest BCUT2D eigenvalue weighted by Crippen LogP contribution is -2.32. The molecule has 0 fully saturated rings. The molecule has 0 spiro atoms. The zero-order chi connectivity index (χ0) is 10.4. The van der Waals surface area contributed by atoms with Gasteiger partial charge in [0.25, 0.3) is 0 Å². The van der Waals surface area contributed by atoms with Gasteiger partial charge in [0.15, 0.2) is 0 Å². The Bertz CT molecular complexity index is 289. The Hall–Kier alpha value is -1.10. The summed E-state index contributed by atoms with van der Waals surface area (Å²) in [7, 11) is 0. The largest absolute Gasteiger partial charge is 0.508 e. The number of rotatable bonds is 5. The number of hydrogen-bond donors (Lipinski definition) is 4. The van der Waals surface area contributed by atoms with Crippen molar-refractivity contribution in [1.82, 2.24) is 10.6 Å². The van der Waals surface area contributed by atoms with Gasteiger partial charge in [0, 0.05) is 19.9 Å². The topological polar surface area (TPSA) is 70.3 Å². The van der Waals surface area contributed by atoms with Gasteiger partial charge in [-0.3, -0.25) is 5.32 Å². The van der Waals surface area contributed by atoms with Gasteiger partial charge in [-0.1, -0.05) is 12.1 Å². The van der Waals surface area contributed by atoms with E-state index in [1.807, 2.05) is 19.1 Å². The fraction of sp³-hybridized carbons (Fsp3) is 0.400. The second-order valence-corrected chi connectivity index (χ2v) is 3.18. The highest BCUT2D eigenvalue weighted by molar-refractivity contribution is 5.34. The van der Waals surface area contributed by atoms with E-state index in [2.05, 4.69) is 10.6 Å². The van der Waals surface area contributed by atoms with Crippen LogP contribution in [0.1, 0.15) is 11.1 Å². The Morgan fingerprint density at radius 1 is 1.36 bits per heavy atom. The maximum Gasteiger partial charge on any atom is 0.118 e. The SMILES string of the molecule is Cc1cc(CNCNCN)ccc1O. The first-order valence-electron chi connectivity index (χ1n) is 4.64. The quantitative estimate of drug-likeness (QED) is 0.401. The van der Waals surface area contributed by atoms with Crippen LogP contribution in [0.4, 0.5) is 0 Å². The van der Waals surface area contributed by atoms with Crippen LogP contribution >= 0.6 is 0 Å². The fourth-order valence-electron chi connectivity index (χ4n) is 1.19. The highest BCUT2D eigenvalue weighted by Gasteiger charge is 1.97. The smallest absolute Gasteiger partial charge is 0.118 e. The van der Waals surface area contributed by atoms with E-state index in [-0.39, 0.29) is 0 Å². The maximum absolute atomic E-state index is 9.30. The van der Waals surface area contributed by atoms with Crippen molar-refractivity contribution in [2.75, 3.05) is 13.3 Å². The van der Waals surface area contributed by atoms with Crippen molar-refractivity contribution in [2.45, 2.75) is 13.5 Å². The number of hydrogen-bond acceptors (Lipinski definition) is 4. The molecule has 1 rings (SSSR count). The van der Waals surface area contributed by atoms with E-state index < -0.39 is 0 Å². The molecule has 4 nitrogen and oxygen atoms in total. The van der Waals surface area contributed by atoms with Crippen molar-refractivity contribution in [2.24, 2.45) is 5.73 Å². The van der Waals surface area contributed by atoms with Gasteiger partial charge < -0.3 is 16.2 Å². The number of nitrogens with one attached hydrogen (secondary N) is 2. The molecule has 0 aliphatic carbocycles. The van der Waals surface area contributed by atoms with Crippen LogP contribution < -0.4 is 16.4 Å². The first-order chi connectivity index (χ1) is 6.74. The number of benzene rings is 1. The summed E-state index contributed by atoms with van der Waals surface area (Å²) in [5, 5.41) is 15.4. The van der Waals surface area contributed by atoms with Crippen molar-refractivity contribution in [3.05, 3.63) is 29.3 Å². The van der Waals surface area contributed by atoms with Crippen molar-refractivity contribution < 1.29 is 5.11 Å². The molecule has 1 aromatic rings. The Morgan fingerprint density at radius 3 is 2.79 bits per heavy atom. The van der Waals surface area contributed by atoms with Crippen LogP contribution in [0.3, 0.4) is 0 Å². The second kappa shape index (κ2) is 5.59. The molecule has 0 saturated carbocycles. The number of aryl methyl sites for hydroxylation is 1. The molecule has 78 valence electrons. The Labute approximate surface area is 84.1 Å². The Balaban J connectivity index is 2.39. The molecule has 1 aromatic carbocycles. The highest BCUT2D eigenvalue weighted by atomic mass is 16.3. The summed E-state index contributed by atoms with van der Waals surface area (Å²) >= 11 is 0. The zero-order valence-corrected chi connectivity index (χ0v) is 8.38. The summed E-state index contributed by atoms with van der Waals surface area (Å²) in [5.74, 6) is 0.342. The van der Waals surface area contributed by atoms with E-state index in [1.165, 1.54) is 0 Å². The van der Waals surface area contributed by atoms with Crippen LogP contribution in [0.2, 0.25) is 0 Å². The number of nitrogens with two attached hydrogens (primary N) is 1. The molecule has 14 heavy (non-hydrogen) atoms. The summed E-state index contributed by atoms with van der Waals surface area (Å²) < 4.78 is 0. The molecule has 0 aliphatic rings. The number of phenolic OH excluding ortho intramolecular Hbond substituents is 1. The maximum atomic E-state index is 9.30. The fourth-order valence-corrected chi connectivity index (χ4v) is 1.19. The van der Waals surface area contributed by atoms with Crippen LogP contribution in [0.15, 0.2) is 18.2 Å². The van der Waals surface area contributed by atoms with Gasteiger partial charge in [0.05, 0.1) is 0 Å². The van der Waals surface area contributed by atoms with Gasteiger partial charge in [0.1, 0.15) is 5.75 Å². The van der Waals surface area contributed by atoms with Crippen LogP contribution in [-0.4, -0.2) is 18.4 Å². The van der Waals surface area contributed by atoms with Gasteiger partial charge in [-0.2, -0.15) is 0 Å². The molecule has 0 radical (unpaired) electrons. The first-order valence-corrected chi connectivity index (χ1v) is 4.64. The summed E-state index contributed by atoms with van der Waals surface area (Å²) in [6.45, 7) is 3.82. The van der Waals surface area contributed by atoms with E-state index in [9.17, 15) is 5.11 Å². The van der Waals surface area contributed by atoms with Crippen molar-refractivity contribution in [3.8, 4) is 5.75 Å². The zero-order valence-electron chi connectivity index (χ0n) is 8.38. The third-order valence-corrected chi connectivity index (χ3v) is 1.98. The minimum absolute atomic E-state index is 0.342. The number of phenols is 1. The van der Waals surface area contributed by atoms with Gasteiger partial charge >= 0.3 is 0 Å². The summed E-state index contributed by atoms with van der Waals surface area (Å²) in [4.78, 5) is 0. The summed E-state index contributed by atoms with van der Waals surface area (Å²) in [5.41, 5.74) is 7.32.